The van der Waals surface area contributed by atoms with Crippen LogP contribution in [0.25, 0.3) is 0 Å². The van der Waals surface area contributed by atoms with Crippen molar-refractivity contribution in [1.29, 1.82) is 0 Å². The maximum atomic E-state index is 12.6. The van der Waals surface area contributed by atoms with Gasteiger partial charge >= 0.3 is 12.1 Å². The normalized spacial score (nSPS) is 22.1. The SMILES string of the molecule is C=C(C)C(OC(C)=O)[C@H]1COC(C)(C)N1C(=O)OC(C)(C)C. The van der Waals surface area contributed by atoms with Gasteiger partial charge in [-0.15, -0.1) is 0 Å². The van der Waals surface area contributed by atoms with Crippen LogP contribution in [0.3, 0.4) is 0 Å². The monoisotopic (exact) mass is 313 g/mol. The average Bonchev–Trinajstić information content (AvgIpc) is 2.58. The zero-order chi connectivity index (χ0) is 17.3. The lowest BCUT2D eigenvalue weighted by molar-refractivity contribution is -0.147. The van der Waals surface area contributed by atoms with E-state index in [1.165, 1.54) is 11.8 Å². The second-order valence-electron chi connectivity index (χ2n) is 7.05. The molecule has 1 heterocycles. The molecule has 1 rings (SSSR count). The van der Waals surface area contributed by atoms with E-state index in [2.05, 4.69) is 6.58 Å². The van der Waals surface area contributed by atoms with Gasteiger partial charge in [-0.05, 0) is 47.1 Å². The van der Waals surface area contributed by atoms with Crippen molar-refractivity contribution >= 4 is 12.1 Å². The number of hydrogen-bond acceptors (Lipinski definition) is 5. The minimum Gasteiger partial charge on any atom is -0.456 e. The Kier molecular flexibility index (Phi) is 5.28. The summed E-state index contributed by atoms with van der Waals surface area (Å²) in [5.41, 5.74) is -0.823. The molecule has 22 heavy (non-hydrogen) atoms. The molecule has 1 saturated heterocycles. The molecule has 0 spiro atoms. The molecule has 0 aliphatic carbocycles. The molecule has 0 radical (unpaired) electrons. The van der Waals surface area contributed by atoms with Crippen molar-refractivity contribution in [3.8, 4) is 0 Å². The number of ether oxygens (including phenoxy) is 3. The minimum absolute atomic E-state index is 0.247. The van der Waals surface area contributed by atoms with E-state index < -0.39 is 35.5 Å². The van der Waals surface area contributed by atoms with Crippen LogP contribution >= 0.6 is 0 Å². The minimum atomic E-state index is -0.846. The van der Waals surface area contributed by atoms with Crippen LogP contribution < -0.4 is 0 Å². The van der Waals surface area contributed by atoms with Crippen molar-refractivity contribution < 1.29 is 23.8 Å². The Bertz CT molecular complexity index is 464. The molecule has 6 heteroatoms. The summed E-state index contributed by atoms with van der Waals surface area (Å²) >= 11 is 0. The van der Waals surface area contributed by atoms with Gasteiger partial charge in [0.25, 0.3) is 0 Å². The summed E-state index contributed by atoms with van der Waals surface area (Å²) in [7, 11) is 0. The molecule has 1 unspecified atom stereocenters. The van der Waals surface area contributed by atoms with Crippen molar-refractivity contribution in [2.45, 2.75) is 71.9 Å². The predicted octanol–water partition coefficient (Wildman–Crippen LogP) is 2.87. The smallest absolute Gasteiger partial charge is 0.413 e. The Labute approximate surface area is 132 Å². The second kappa shape index (κ2) is 6.28. The third-order valence-corrected chi connectivity index (χ3v) is 3.24. The van der Waals surface area contributed by atoms with E-state index in [1.807, 2.05) is 0 Å². The van der Waals surface area contributed by atoms with E-state index in [4.69, 9.17) is 14.2 Å². The topological polar surface area (TPSA) is 65.1 Å². The molecule has 0 saturated carbocycles. The average molecular weight is 313 g/mol. The van der Waals surface area contributed by atoms with Crippen LogP contribution in [0.4, 0.5) is 4.79 Å². The van der Waals surface area contributed by atoms with Crippen molar-refractivity contribution in [3.63, 3.8) is 0 Å². The Balaban J connectivity index is 3.08. The molecular weight excluding hydrogens is 286 g/mol. The number of hydrogen-bond donors (Lipinski definition) is 0. The molecule has 1 fully saturated rings. The molecule has 0 N–H and O–H groups in total. The van der Waals surface area contributed by atoms with E-state index in [0.29, 0.717) is 5.57 Å². The van der Waals surface area contributed by atoms with E-state index in [-0.39, 0.29) is 6.61 Å². The number of carbonyl (C=O) groups excluding carboxylic acids is 2. The standard InChI is InChI=1S/C16H27NO5/c1-10(2)13(21-11(3)18)12-9-20-16(7,8)17(12)14(19)22-15(4,5)6/h12-13H,1,9H2,2-8H3/t12-,13?/m1/s1. The van der Waals surface area contributed by atoms with Gasteiger partial charge in [-0.3, -0.25) is 9.69 Å². The maximum absolute atomic E-state index is 12.6. The third-order valence-electron chi connectivity index (χ3n) is 3.24. The highest BCUT2D eigenvalue weighted by molar-refractivity contribution is 5.70. The van der Waals surface area contributed by atoms with Crippen LogP contribution in [0.15, 0.2) is 12.2 Å². The lowest BCUT2D eigenvalue weighted by Gasteiger charge is -2.37. The Morgan fingerprint density at radius 1 is 1.32 bits per heavy atom. The van der Waals surface area contributed by atoms with E-state index in [9.17, 15) is 9.59 Å². The first-order valence-electron chi connectivity index (χ1n) is 7.34. The molecule has 0 aromatic carbocycles. The second-order valence-corrected chi connectivity index (χ2v) is 7.05. The van der Waals surface area contributed by atoms with Gasteiger partial charge in [0, 0.05) is 6.92 Å². The molecule has 6 nitrogen and oxygen atoms in total. The highest BCUT2D eigenvalue weighted by Crippen LogP contribution is 2.33. The lowest BCUT2D eigenvalue weighted by Crippen LogP contribution is -2.54. The van der Waals surface area contributed by atoms with Gasteiger partial charge in [0.2, 0.25) is 0 Å². The van der Waals surface area contributed by atoms with Crippen molar-refractivity contribution in [1.82, 2.24) is 4.90 Å². The summed E-state index contributed by atoms with van der Waals surface area (Å²) < 4.78 is 16.5. The highest BCUT2D eigenvalue weighted by Gasteiger charge is 2.49. The summed E-state index contributed by atoms with van der Waals surface area (Å²) in [6.45, 7) is 16.1. The number of rotatable bonds is 3. The third kappa shape index (κ3) is 4.47. The first kappa shape index (κ1) is 18.5. The molecule has 1 aliphatic rings. The first-order valence-corrected chi connectivity index (χ1v) is 7.34. The van der Waals surface area contributed by atoms with Crippen LogP contribution in [-0.2, 0) is 19.0 Å². The van der Waals surface area contributed by atoms with Crippen LogP contribution in [-0.4, -0.2) is 47.0 Å². The van der Waals surface area contributed by atoms with Gasteiger partial charge in [-0.1, -0.05) is 6.58 Å². The van der Waals surface area contributed by atoms with Crippen LogP contribution in [0, 0.1) is 0 Å². The van der Waals surface area contributed by atoms with Gasteiger partial charge < -0.3 is 14.2 Å². The van der Waals surface area contributed by atoms with E-state index >= 15 is 0 Å². The maximum Gasteiger partial charge on any atom is 0.413 e. The summed E-state index contributed by atoms with van der Waals surface area (Å²) in [6, 6.07) is -0.466. The Hall–Kier alpha value is -1.56. The molecule has 1 amide bonds. The van der Waals surface area contributed by atoms with Crippen LogP contribution in [0.5, 0.6) is 0 Å². The molecule has 2 atom stereocenters. The Morgan fingerprint density at radius 2 is 1.86 bits per heavy atom. The van der Waals surface area contributed by atoms with Gasteiger partial charge in [-0.25, -0.2) is 4.79 Å². The number of amides is 1. The molecule has 126 valence electrons. The zero-order valence-corrected chi connectivity index (χ0v) is 14.6. The van der Waals surface area contributed by atoms with Gasteiger partial charge in [0.15, 0.2) is 0 Å². The molecular formula is C16H27NO5. The van der Waals surface area contributed by atoms with Crippen LogP contribution in [0.1, 0.15) is 48.5 Å². The Morgan fingerprint density at radius 3 is 2.27 bits per heavy atom. The van der Waals surface area contributed by atoms with Crippen molar-refractivity contribution in [3.05, 3.63) is 12.2 Å². The quantitative estimate of drug-likeness (QED) is 0.592. The largest absolute Gasteiger partial charge is 0.456 e. The molecule has 0 bridgehead atoms. The first-order chi connectivity index (χ1) is 9.85. The van der Waals surface area contributed by atoms with E-state index in [1.54, 1.807) is 41.5 Å². The summed E-state index contributed by atoms with van der Waals surface area (Å²) in [4.78, 5) is 25.4. The number of esters is 1. The fourth-order valence-electron chi connectivity index (χ4n) is 2.41. The fraction of sp³-hybridized carbons (Fsp3) is 0.750. The summed E-state index contributed by atoms with van der Waals surface area (Å²) in [5.74, 6) is -0.429. The lowest BCUT2D eigenvalue weighted by atomic mass is 10.0. The predicted molar refractivity (Wildman–Crippen MR) is 82.3 cm³/mol. The molecule has 1 aliphatic heterocycles. The van der Waals surface area contributed by atoms with Crippen LogP contribution in [0.2, 0.25) is 0 Å². The fourth-order valence-corrected chi connectivity index (χ4v) is 2.41. The molecule has 0 aromatic rings. The van der Waals surface area contributed by atoms with E-state index in [0.717, 1.165) is 0 Å². The van der Waals surface area contributed by atoms with Crippen molar-refractivity contribution in [2.75, 3.05) is 6.61 Å². The number of nitrogens with zero attached hydrogens (tertiary/aromatic N) is 1. The number of carbonyl (C=O) groups is 2. The highest BCUT2D eigenvalue weighted by atomic mass is 16.6. The molecule has 0 aromatic heterocycles. The summed E-state index contributed by atoms with van der Waals surface area (Å²) in [5, 5.41) is 0. The van der Waals surface area contributed by atoms with Gasteiger partial charge in [0.1, 0.15) is 23.5 Å². The zero-order valence-electron chi connectivity index (χ0n) is 14.6. The van der Waals surface area contributed by atoms with Crippen molar-refractivity contribution in [2.24, 2.45) is 0 Å². The summed E-state index contributed by atoms with van der Waals surface area (Å²) in [6.07, 6.45) is -1.13. The van der Waals surface area contributed by atoms with Gasteiger partial charge in [0.05, 0.1) is 6.61 Å². The van der Waals surface area contributed by atoms with Gasteiger partial charge in [-0.2, -0.15) is 0 Å².